The molecule has 17 heavy (non-hydrogen) atoms. The van der Waals surface area contributed by atoms with Crippen LogP contribution in [0.2, 0.25) is 5.15 Å². The van der Waals surface area contributed by atoms with E-state index in [1.54, 1.807) is 4.68 Å². The molecule has 0 atom stereocenters. The number of rotatable bonds is 4. The number of nitrogens with zero attached hydrogens (tertiary/aromatic N) is 2. The third-order valence-corrected chi connectivity index (χ3v) is 4.41. The number of halogens is 1. The van der Waals surface area contributed by atoms with Gasteiger partial charge < -0.3 is 5.32 Å². The number of hydrogen-bond donors (Lipinski definition) is 1. The summed E-state index contributed by atoms with van der Waals surface area (Å²) >= 11 is 6.20. The highest BCUT2D eigenvalue weighted by Gasteiger charge is 2.28. The molecule has 1 aliphatic rings. The molecule has 1 heterocycles. The third-order valence-electron chi connectivity index (χ3n) is 3.93. The van der Waals surface area contributed by atoms with Gasteiger partial charge in [-0.25, -0.2) is 0 Å². The van der Waals surface area contributed by atoms with Crippen LogP contribution in [0.4, 0.5) is 0 Å². The smallest absolute Gasteiger partial charge is 0.131 e. The van der Waals surface area contributed by atoms with E-state index < -0.39 is 0 Å². The second-order valence-electron chi connectivity index (χ2n) is 5.60. The van der Waals surface area contributed by atoms with Crippen molar-refractivity contribution in [1.29, 1.82) is 0 Å². The molecule has 1 aromatic rings. The Balaban J connectivity index is 1.89. The number of nitrogens with one attached hydrogen (secondary N) is 1. The zero-order valence-corrected chi connectivity index (χ0v) is 11.8. The Morgan fingerprint density at radius 1 is 1.41 bits per heavy atom. The number of aromatic nitrogens is 2. The Labute approximate surface area is 109 Å². The van der Waals surface area contributed by atoms with E-state index in [-0.39, 0.29) is 0 Å². The van der Waals surface area contributed by atoms with Gasteiger partial charge >= 0.3 is 0 Å². The summed E-state index contributed by atoms with van der Waals surface area (Å²) in [5.41, 5.74) is 2.65. The fourth-order valence-corrected chi connectivity index (χ4v) is 3.01. The maximum Gasteiger partial charge on any atom is 0.131 e. The first-order chi connectivity index (χ1) is 8.02. The highest BCUT2D eigenvalue weighted by Crippen LogP contribution is 2.36. The molecular formula is C13H22ClN3. The molecule has 2 rings (SSSR count). The molecule has 1 fully saturated rings. The molecule has 1 N–H and O–H groups in total. The van der Waals surface area contributed by atoms with Gasteiger partial charge in [-0.3, -0.25) is 4.68 Å². The van der Waals surface area contributed by atoms with Gasteiger partial charge in [0.25, 0.3) is 0 Å². The van der Waals surface area contributed by atoms with Crippen LogP contribution in [0.1, 0.15) is 43.9 Å². The van der Waals surface area contributed by atoms with Crippen molar-refractivity contribution in [2.45, 2.75) is 46.1 Å². The first-order valence-electron chi connectivity index (χ1n) is 6.40. The quantitative estimate of drug-likeness (QED) is 0.896. The molecule has 0 aromatic carbocycles. The highest BCUT2D eigenvalue weighted by molar-refractivity contribution is 6.30. The lowest BCUT2D eigenvalue weighted by atomic mass is 9.89. The molecule has 0 unspecified atom stereocenters. The van der Waals surface area contributed by atoms with Crippen molar-refractivity contribution < 1.29 is 0 Å². The fourth-order valence-electron chi connectivity index (χ4n) is 2.77. The van der Waals surface area contributed by atoms with E-state index in [9.17, 15) is 0 Å². The molecule has 0 spiro atoms. The minimum atomic E-state index is 0.489. The monoisotopic (exact) mass is 255 g/mol. The summed E-state index contributed by atoms with van der Waals surface area (Å²) < 4.78 is 1.74. The number of hydrogen-bond acceptors (Lipinski definition) is 2. The Bertz CT molecular complexity index is 392. The van der Waals surface area contributed by atoms with Crippen LogP contribution in [0, 0.1) is 12.3 Å². The molecule has 1 saturated carbocycles. The highest BCUT2D eigenvalue weighted by atomic mass is 35.5. The van der Waals surface area contributed by atoms with Gasteiger partial charge in [-0.2, -0.15) is 5.10 Å². The lowest BCUT2D eigenvalue weighted by molar-refractivity contribution is 0.314. The van der Waals surface area contributed by atoms with E-state index in [0.717, 1.165) is 29.5 Å². The molecule has 96 valence electrons. The van der Waals surface area contributed by atoms with E-state index in [4.69, 9.17) is 11.6 Å². The standard InChI is InChI=1S/C13H22ClN3/c1-10-11(12(14)17(3)16-10)8-15-9-13(2)6-4-5-7-13/h15H,4-9H2,1-3H3. The normalized spacial score (nSPS) is 18.8. The van der Waals surface area contributed by atoms with Crippen LogP contribution in [0.15, 0.2) is 0 Å². The Morgan fingerprint density at radius 2 is 2.06 bits per heavy atom. The first kappa shape index (κ1) is 12.9. The SMILES string of the molecule is Cc1nn(C)c(Cl)c1CNCC1(C)CCCC1. The molecule has 3 nitrogen and oxygen atoms in total. The van der Waals surface area contributed by atoms with E-state index in [1.165, 1.54) is 25.7 Å². The maximum absolute atomic E-state index is 6.20. The lowest BCUT2D eigenvalue weighted by Crippen LogP contribution is -2.29. The molecule has 1 aliphatic carbocycles. The average Bonchev–Trinajstić information content (AvgIpc) is 2.79. The Kier molecular flexibility index (Phi) is 3.79. The van der Waals surface area contributed by atoms with E-state index in [2.05, 4.69) is 17.3 Å². The lowest BCUT2D eigenvalue weighted by Gasteiger charge is -2.23. The van der Waals surface area contributed by atoms with Gasteiger partial charge in [-0.05, 0) is 25.2 Å². The van der Waals surface area contributed by atoms with Crippen LogP contribution in [-0.4, -0.2) is 16.3 Å². The van der Waals surface area contributed by atoms with Crippen molar-refractivity contribution in [3.8, 4) is 0 Å². The summed E-state index contributed by atoms with van der Waals surface area (Å²) in [7, 11) is 1.89. The minimum Gasteiger partial charge on any atom is -0.312 e. The van der Waals surface area contributed by atoms with Crippen LogP contribution < -0.4 is 5.32 Å². The second kappa shape index (κ2) is 4.99. The van der Waals surface area contributed by atoms with Crippen molar-refractivity contribution in [2.75, 3.05) is 6.54 Å². The van der Waals surface area contributed by atoms with Crippen molar-refractivity contribution in [2.24, 2.45) is 12.5 Å². The van der Waals surface area contributed by atoms with Gasteiger partial charge in [-0.1, -0.05) is 31.4 Å². The first-order valence-corrected chi connectivity index (χ1v) is 6.78. The zero-order valence-electron chi connectivity index (χ0n) is 11.0. The summed E-state index contributed by atoms with van der Waals surface area (Å²) in [6, 6.07) is 0. The van der Waals surface area contributed by atoms with Crippen LogP contribution >= 0.6 is 11.6 Å². The van der Waals surface area contributed by atoms with Gasteiger partial charge in [0.2, 0.25) is 0 Å². The average molecular weight is 256 g/mol. The number of aryl methyl sites for hydroxylation is 2. The topological polar surface area (TPSA) is 29.9 Å². The summed E-state index contributed by atoms with van der Waals surface area (Å²) in [5.74, 6) is 0. The van der Waals surface area contributed by atoms with Crippen LogP contribution in [0.5, 0.6) is 0 Å². The summed E-state index contributed by atoms with van der Waals surface area (Å²) in [6.45, 7) is 6.30. The van der Waals surface area contributed by atoms with E-state index >= 15 is 0 Å². The minimum absolute atomic E-state index is 0.489. The Hall–Kier alpha value is -0.540. The maximum atomic E-state index is 6.20. The van der Waals surface area contributed by atoms with Gasteiger partial charge in [0.05, 0.1) is 5.69 Å². The van der Waals surface area contributed by atoms with Crippen molar-refractivity contribution in [3.05, 3.63) is 16.4 Å². The van der Waals surface area contributed by atoms with Gasteiger partial charge in [0, 0.05) is 25.7 Å². The molecule has 0 aliphatic heterocycles. The summed E-state index contributed by atoms with van der Waals surface area (Å²) in [6.07, 6.45) is 5.45. The van der Waals surface area contributed by atoms with Crippen molar-refractivity contribution in [3.63, 3.8) is 0 Å². The van der Waals surface area contributed by atoms with Crippen LogP contribution in [0.3, 0.4) is 0 Å². The van der Waals surface area contributed by atoms with Gasteiger partial charge in [0.1, 0.15) is 5.15 Å². The van der Waals surface area contributed by atoms with Gasteiger partial charge in [0.15, 0.2) is 0 Å². The Morgan fingerprint density at radius 3 is 2.59 bits per heavy atom. The zero-order chi connectivity index (χ0) is 12.5. The van der Waals surface area contributed by atoms with E-state index in [0.29, 0.717) is 5.41 Å². The second-order valence-corrected chi connectivity index (χ2v) is 5.96. The van der Waals surface area contributed by atoms with Crippen LogP contribution in [-0.2, 0) is 13.6 Å². The molecule has 0 bridgehead atoms. The fraction of sp³-hybridized carbons (Fsp3) is 0.769. The molecular weight excluding hydrogens is 234 g/mol. The molecule has 1 aromatic heterocycles. The summed E-state index contributed by atoms with van der Waals surface area (Å²) in [4.78, 5) is 0. The predicted molar refractivity (Wildman–Crippen MR) is 71.2 cm³/mol. The molecule has 0 radical (unpaired) electrons. The summed E-state index contributed by atoms with van der Waals surface area (Å²) in [5, 5.41) is 8.62. The predicted octanol–water partition coefficient (Wildman–Crippen LogP) is 3.05. The molecule has 0 amide bonds. The van der Waals surface area contributed by atoms with E-state index in [1.807, 2.05) is 14.0 Å². The molecule has 0 saturated heterocycles. The van der Waals surface area contributed by atoms with Gasteiger partial charge in [-0.15, -0.1) is 0 Å². The van der Waals surface area contributed by atoms with Crippen molar-refractivity contribution in [1.82, 2.24) is 15.1 Å². The van der Waals surface area contributed by atoms with Crippen molar-refractivity contribution >= 4 is 11.6 Å². The van der Waals surface area contributed by atoms with Crippen LogP contribution in [0.25, 0.3) is 0 Å². The largest absolute Gasteiger partial charge is 0.312 e. The molecule has 4 heteroatoms. The third kappa shape index (κ3) is 2.83.